The van der Waals surface area contributed by atoms with Gasteiger partial charge in [0, 0.05) is 12.7 Å². The van der Waals surface area contributed by atoms with Crippen LogP contribution in [0.5, 0.6) is 0 Å². The number of hydrogen-bond acceptors (Lipinski definition) is 5. The van der Waals surface area contributed by atoms with Gasteiger partial charge in [0.15, 0.2) is 5.65 Å². The maximum absolute atomic E-state index is 12.4. The number of rotatable bonds is 4. The Bertz CT molecular complexity index is 1190. The summed E-state index contributed by atoms with van der Waals surface area (Å²) in [6, 6.07) is 9.95. The van der Waals surface area contributed by atoms with Gasteiger partial charge in [0.05, 0.1) is 23.1 Å². The highest BCUT2D eigenvalue weighted by Crippen LogP contribution is 2.19. The van der Waals surface area contributed by atoms with Crippen molar-refractivity contribution in [1.29, 1.82) is 0 Å². The van der Waals surface area contributed by atoms with Gasteiger partial charge in [-0.25, -0.2) is 9.36 Å². The Morgan fingerprint density at radius 2 is 1.96 bits per heavy atom. The van der Waals surface area contributed by atoms with Crippen LogP contribution in [0.1, 0.15) is 32.0 Å². The minimum absolute atomic E-state index is 0.209. The van der Waals surface area contributed by atoms with Gasteiger partial charge < -0.3 is 5.32 Å². The summed E-state index contributed by atoms with van der Waals surface area (Å²) in [6.45, 7) is 8.53. The fraction of sp³-hybridized carbons (Fsp3) is 0.300. The molecule has 2 N–H and O–H groups in total. The number of nitrogens with zero attached hydrogens (tertiary/aromatic N) is 5. The molecule has 8 nitrogen and oxygen atoms in total. The van der Waals surface area contributed by atoms with Crippen molar-refractivity contribution in [3.63, 3.8) is 0 Å². The van der Waals surface area contributed by atoms with E-state index in [0.717, 1.165) is 16.9 Å². The molecule has 4 rings (SSSR count). The second kappa shape index (κ2) is 6.63. The van der Waals surface area contributed by atoms with E-state index in [1.165, 1.54) is 0 Å². The van der Waals surface area contributed by atoms with Gasteiger partial charge >= 0.3 is 0 Å². The third-order valence-corrected chi connectivity index (χ3v) is 4.48. The molecule has 0 aliphatic rings. The Morgan fingerprint density at radius 3 is 2.68 bits per heavy atom. The van der Waals surface area contributed by atoms with Crippen molar-refractivity contribution in [2.45, 2.75) is 39.8 Å². The van der Waals surface area contributed by atoms with Crippen LogP contribution in [0, 0.1) is 6.92 Å². The Balaban J connectivity index is 1.66. The van der Waals surface area contributed by atoms with Gasteiger partial charge in [0.25, 0.3) is 5.56 Å². The predicted octanol–water partition coefficient (Wildman–Crippen LogP) is 2.98. The predicted molar refractivity (Wildman–Crippen MR) is 109 cm³/mol. The van der Waals surface area contributed by atoms with Crippen LogP contribution in [0.2, 0.25) is 0 Å². The van der Waals surface area contributed by atoms with Crippen LogP contribution in [-0.4, -0.2) is 29.5 Å². The number of nitrogens with one attached hydrogen (secondary N) is 2. The third kappa shape index (κ3) is 3.28. The molecule has 0 aliphatic heterocycles. The SMILES string of the molecule is Cc1ccn(-c2ccccc2CNc2nc3c(cnn3C(C)(C)C)c(=O)[nH]2)n1. The largest absolute Gasteiger partial charge is 0.352 e. The van der Waals surface area contributed by atoms with Gasteiger partial charge in [-0.3, -0.25) is 9.78 Å². The van der Waals surface area contributed by atoms with E-state index < -0.39 is 0 Å². The molecule has 8 heteroatoms. The van der Waals surface area contributed by atoms with Gasteiger partial charge in [-0.05, 0) is 45.4 Å². The van der Waals surface area contributed by atoms with E-state index >= 15 is 0 Å². The Labute approximate surface area is 162 Å². The molecule has 0 unspecified atom stereocenters. The summed E-state index contributed by atoms with van der Waals surface area (Å²) < 4.78 is 3.61. The lowest BCUT2D eigenvalue weighted by Crippen LogP contribution is -2.24. The minimum atomic E-state index is -0.273. The van der Waals surface area contributed by atoms with Crippen LogP contribution in [-0.2, 0) is 12.1 Å². The molecular weight excluding hydrogens is 354 g/mol. The number of para-hydroxylation sites is 1. The summed E-state index contributed by atoms with van der Waals surface area (Å²) >= 11 is 0. The van der Waals surface area contributed by atoms with Crippen LogP contribution in [0.4, 0.5) is 5.95 Å². The fourth-order valence-corrected chi connectivity index (χ4v) is 3.11. The van der Waals surface area contributed by atoms with Gasteiger partial charge in [-0.15, -0.1) is 0 Å². The van der Waals surface area contributed by atoms with Crippen LogP contribution in [0.25, 0.3) is 16.7 Å². The number of fused-ring (bicyclic) bond motifs is 1. The average Bonchev–Trinajstić information content (AvgIpc) is 3.26. The summed E-state index contributed by atoms with van der Waals surface area (Å²) in [6.07, 6.45) is 3.49. The van der Waals surface area contributed by atoms with Crippen molar-refractivity contribution in [3.8, 4) is 5.69 Å². The summed E-state index contributed by atoms with van der Waals surface area (Å²) in [4.78, 5) is 19.8. The molecule has 0 aliphatic carbocycles. The van der Waals surface area contributed by atoms with Crippen molar-refractivity contribution in [2.24, 2.45) is 0 Å². The Hall–Kier alpha value is -3.42. The topological polar surface area (TPSA) is 93.4 Å². The number of anilines is 1. The number of H-pyrrole nitrogens is 1. The molecule has 1 aromatic carbocycles. The van der Waals surface area contributed by atoms with Gasteiger partial charge in [-0.1, -0.05) is 18.2 Å². The lowest BCUT2D eigenvalue weighted by molar-refractivity contribution is 0.366. The molecule has 0 saturated heterocycles. The van der Waals surface area contributed by atoms with Crippen molar-refractivity contribution in [2.75, 3.05) is 5.32 Å². The first-order valence-corrected chi connectivity index (χ1v) is 9.16. The third-order valence-electron chi connectivity index (χ3n) is 4.48. The standard InChI is InChI=1S/C20H23N7O/c1-13-9-10-26(25-13)16-8-6-5-7-14(16)11-21-19-23-17-15(18(28)24-19)12-22-27(17)20(2,3)4/h5-10,12H,11H2,1-4H3,(H2,21,23,24,28). The highest BCUT2D eigenvalue weighted by atomic mass is 16.1. The quantitative estimate of drug-likeness (QED) is 0.570. The van der Waals surface area contributed by atoms with Crippen molar-refractivity contribution >= 4 is 17.0 Å². The number of aryl methyl sites for hydroxylation is 1. The minimum Gasteiger partial charge on any atom is -0.352 e. The Kier molecular flexibility index (Phi) is 4.26. The Morgan fingerprint density at radius 1 is 1.18 bits per heavy atom. The molecule has 0 saturated carbocycles. The van der Waals surface area contributed by atoms with E-state index in [1.807, 2.05) is 68.9 Å². The van der Waals surface area contributed by atoms with Crippen LogP contribution in [0.15, 0.2) is 47.5 Å². The number of hydrogen-bond donors (Lipinski definition) is 2. The van der Waals surface area contributed by atoms with Gasteiger partial charge in [-0.2, -0.15) is 15.2 Å². The number of aromatic nitrogens is 6. The summed E-state index contributed by atoms with van der Waals surface area (Å²) in [5.41, 5.74) is 3.05. The monoisotopic (exact) mass is 377 g/mol. The molecule has 144 valence electrons. The first-order valence-electron chi connectivity index (χ1n) is 9.16. The first kappa shape index (κ1) is 18.0. The number of benzene rings is 1. The van der Waals surface area contributed by atoms with Crippen molar-refractivity contribution in [1.82, 2.24) is 29.5 Å². The van der Waals surface area contributed by atoms with E-state index in [-0.39, 0.29) is 11.1 Å². The second-order valence-electron chi connectivity index (χ2n) is 7.76. The molecule has 3 aromatic heterocycles. The molecule has 0 fully saturated rings. The van der Waals surface area contributed by atoms with E-state index in [1.54, 1.807) is 10.9 Å². The molecule has 0 radical (unpaired) electrons. The van der Waals surface area contributed by atoms with Crippen molar-refractivity contribution < 1.29 is 0 Å². The smallest absolute Gasteiger partial charge is 0.263 e. The first-order chi connectivity index (χ1) is 13.3. The average molecular weight is 377 g/mol. The summed E-state index contributed by atoms with van der Waals surface area (Å²) in [7, 11) is 0. The summed E-state index contributed by atoms with van der Waals surface area (Å²) in [5.74, 6) is 0.412. The van der Waals surface area contributed by atoms with Gasteiger partial charge in [0.1, 0.15) is 5.39 Å². The number of aromatic amines is 1. The molecule has 0 amide bonds. The highest BCUT2D eigenvalue weighted by molar-refractivity contribution is 5.74. The maximum Gasteiger partial charge on any atom is 0.263 e. The molecule has 0 bridgehead atoms. The molecule has 4 aromatic rings. The van der Waals surface area contributed by atoms with Crippen LogP contribution >= 0.6 is 0 Å². The van der Waals surface area contributed by atoms with E-state index in [2.05, 4.69) is 25.5 Å². The zero-order valence-corrected chi connectivity index (χ0v) is 16.4. The molecule has 0 spiro atoms. The maximum atomic E-state index is 12.4. The summed E-state index contributed by atoms with van der Waals surface area (Å²) in [5, 5.41) is 12.5. The van der Waals surface area contributed by atoms with E-state index in [4.69, 9.17) is 0 Å². The normalized spacial score (nSPS) is 11.9. The molecule has 0 atom stereocenters. The lowest BCUT2D eigenvalue weighted by Gasteiger charge is -2.19. The van der Waals surface area contributed by atoms with Crippen LogP contribution in [0.3, 0.4) is 0 Å². The zero-order chi connectivity index (χ0) is 19.9. The van der Waals surface area contributed by atoms with Crippen molar-refractivity contribution in [3.05, 3.63) is 64.3 Å². The highest BCUT2D eigenvalue weighted by Gasteiger charge is 2.20. The zero-order valence-electron chi connectivity index (χ0n) is 16.4. The molecule has 28 heavy (non-hydrogen) atoms. The molecular formula is C20H23N7O. The van der Waals surface area contributed by atoms with Crippen LogP contribution < -0.4 is 10.9 Å². The fourth-order valence-electron chi connectivity index (χ4n) is 3.11. The second-order valence-corrected chi connectivity index (χ2v) is 7.76. The van der Waals surface area contributed by atoms with E-state index in [0.29, 0.717) is 23.5 Å². The lowest BCUT2D eigenvalue weighted by atomic mass is 10.1. The molecule has 3 heterocycles. The van der Waals surface area contributed by atoms with E-state index in [9.17, 15) is 4.79 Å². The van der Waals surface area contributed by atoms with Gasteiger partial charge in [0.2, 0.25) is 5.95 Å².